The van der Waals surface area contributed by atoms with Crippen LogP contribution in [0.2, 0.25) is 5.02 Å². The summed E-state index contributed by atoms with van der Waals surface area (Å²) in [4.78, 5) is 4.25. The molecule has 90 valence electrons. The van der Waals surface area contributed by atoms with Gasteiger partial charge >= 0.3 is 0 Å². The fraction of sp³-hybridized carbons (Fsp3) is 0. The number of rotatable bonds is 1. The summed E-state index contributed by atoms with van der Waals surface area (Å²) < 4.78 is 18.5. The van der Waals surface area contributed by atoms with Crippen LogP contribution < -0.4 is 5.73 Å². The number of hydrogen-bond donors (Lipinski definition) is 1. The van der Waals surface area contributed by atoms with Gasteiger partial charge in [0.15, 0.2) is 5.58 Å². The molecule has 0 fully saturated rings. The lowest BCUT2D eigenvalue weighted by Gasteiger charge is -2.00. The second-order valence-corrected chi connectivity index (χ2v) is 4.28. The molecule has 3 rings (SSSR count). The van der Waals surface area contributed by atoms with Crippen LogP contribution >= 0.6 is 11.6 Å². The molecule has 2 N–H and O–H groups in total. The first-order valence-electron chi connectivity index (χ1n) is 5.25. The minimum atomic E-state index is -0.371. The highest BCUT2D eigenvalue weighted by molar-refractivity contribution is 6.33. The van der Waals surface area contributed by atoms with Crippen molar-refractivity contribution in [3.63, 3.8) is 0 Å². The van der Waals surface area contributed by atoms with Gasteiger partial charge in [-0.1, -0.05) is 11.6 Å². The number of hydrogen-bond acceptors (Lipinski definition) is 3. The lowest BCUT2D eigenvalue weighted by atomic mass is 10.2. The lowest BCUT2D eigenvalue weighted by molar-refractivity contribution is 0.602. The molecule has 5 heteroatoms. The van der Waals surface area contributed by atoms with Crippen molar-refractivity contribution in [2.24, 2.45) is 0 Å². The Morgan fingerprint density at radius 2 is 2.00 bits per heavy atom. The van der Waals surface area contributed by atoms with Crippen molar-refractivity contribution in [3.05, 3.63) is 47.2 Å². The topological polar surface area (TPSA) is 52.0 Å². The number of anilines is 1. The molecule has 0 bridgehead atoms. The molecule has 1 aromatic heterocycles. The Bertz CT molecular complexity index is 739. The second-order valence-electron chi connectivity index (χ2n) is 3.87. The van der Waals surface area contributed by atoms with Gasteiger partial charge in [-0.2, -0.15) is 0 Å². The summed E-state index contributed by atoms with van der Waals surface area (Å²) in [6, 6.07) is 9.19. The van der Waals surface area contributed by atoms with Crippen molar-refractivity contribution >= 4 is 28.4 Å². The highest BCUT2D eigenvalue weighted by Crippen LogP contribution is 2.31. The SMILES string of the molecule is Nc1ccc(Cl)c(-c2nc3ccc(F)cc3o2)c1. The van der Waals surface area contributed by atoms with Crippen molar-refractivity contribution < 1.29 is 8.81 Å². The summed E-state index contributed by atoms with van der Waals surface area (Å²) in [6.07, 6.45) is 0. The largest absolute Gasteiger partial charge is 0.436 e. The zero-order valence-corrected chi connectivity index (χ0v) is 9.91. The van der Waals surface area contributed by atoms with E-state index in [1.54, 1.807) is 24.3 Å². The highest BCUT2D eigenvalue weighted by atomic mass is 35.5. The van der Waals surface area contributed by atoms with E-state index in [4.69, 9.17) is 21.8 Å². The molecule has 0 aliphatic heterocycles. The van der Waals surface area contributed by atoms with E-state index in [1.165, 1.54) is 12.1 Å². The molecule has 0 radical (unpaired) electrons. The third-order valence-electron chi connectivity index (χ3n) is 2.57. The van der Waals surface area contributed by atoms with Gasteiger partial charge in [-0.15, -0.1) is 0 Å². The zero-order chi connectivity index (χ0) is 12.7. The van der Waals surface area contributed by atoms with Crippen LogP contribution in [0.1, 0.15) is 0 Å². The molecule has 0 aliphatic rings. The molecule has 0 saturated heterocycles. The van der Waals surface area contributed by atoms with E-state index in [-0.39, 0.29) is 5.82 Å². The fourth-order valence-electron chi connectivity index (χ4n) is 1.72. The number of nitrogen functional groups attached to an aromatic ring is 1. The van der Waals surface area contributed by atoms with E-state index in [9.17, 15) is 4.39 Å². The van der Waals surface area contributed by atoms with Gasteiger partial charge in [-0.25, -0.2) is 9.37 Å². The standard InChI is InChI=1S/C13H8ClFN2O/c14-10-3-2-8(16)6-9(10)13-17-11-4-1-7(15)5-12(11)18-13/h1-6H,16H2. The normalized spacial score (nSPS) is 11.0. The summed E-state index contributed by atoms with van der Waals surface area (Å²) in [5, 5.41) is 0.483. The van der Waals surface area contributed by atoms with Crippen LogP contribution in [0.4, 0.5) is 10.1 Å². The van der Waals surface area contributed by atoms with E-state index in [0.717, 1.165) is 0 Å². The van der Waals surface area contributed by atoms with E-state index in [1.807, 2.05) is 0 Å². The van der Waals surface area contributed by atoms with Crippen molar-refractivity contribution in [2.75, 3.05) is 5.73 Å². The summed E-state index contributed by atoms with van der Waals surface area (Å²) >= 11 is 6.06. The Balaban J connectivity index is 2.22. The van der Waals surface area contributed by atoms with Crippen LogP contribution in [0, 0.1) is 5.82 Å². The van der Waals surface area contributed by atoms with E-state index in [0.29, 0.717) is 33.3 Å². The predicted molar refractivity (Wildman–Crippen MR) is 68.8 cm³/mol. The van der Waals surface area contributed by atoms with Crippen LogP contribution in [0.25, 0.3) is 22.6 Å². The Morgan fingerprint density at radius 1 is 1.17 bits per heavy atom. The number of benzene rings is 2. The lowest BCUT2D eigenvalue weighted by Crippen LogP contribution is -1.86. The maximum Gasteiger partial charge on any atom is 0.228 e. The molecule has 0 spiro atoms. The smallest absolute Gasteiger partial charge is 0.228 e. The monoisotopic (exact) mass is 262 g/mol. The van der Waals surface area contributed by atoms with Crippen LogP contribution in [0.5, 0.6) is 0 Å². The van der Waals surface area contributed by atoms with Crippen LogP contribution in [0.3, 0.4) is 0 Å². The van der Waals surface area contributed by atoms with Crippen molar-refractivity contribution in [2.45, 2.75) is 0 Å². The maximum absolute atomic E-state index is 13.1. The maximum atomic E-state index is 13.1. The highest BCUT2D eigenvalue weighted by Gasteiger charge is 2.12. The first-order chi connectivity index (χ1) is 8.63. The molecular weight excluding hydrogens is 255 g/mol. The Hall–Kier alpha value is -2.07. The first kappa shape index (κ1) is 11.0. The first-order valence-corrected chi connectivity index (χ1v) is 5.63. The molecule has 0 atom stereocenters. The van der Waals surface area contributed by atoms with Crippen molar-refractivity contribution in [3.8, 4) is 11.5 Å². The van der Waals surface area contributed by atoms with Gasteiger partial charge < -0.3 is 10.2 Å². The molecular formula is C13H8ClFN2O. The molecule has 3 nitrogen and oxygen atoms in total. The quantitative estimate of drug-likeness (QED) is 0.677. The van der Waals surface area contributed by atoms with Gasteiger partial charge in [-0.3, -0.25) is 0 Å². The van der Waals surface area contributed by atoms with Gasteiger partial charge in [-0.05, 0) is 30.3 Å². The third-order valence-corrected chi connectivity index (χ3v) is 2.90. The van der Waals surface area contributed by atoms with E-state index < -0.39 is 0 Å². The molecule has 0 saturated carbocycles. The van der Waals surface area contributed by atoms with Crippen LogP contribution in [-0.4, -0.2) is 4.98 Å². The summed E-state index contributed by atoms with van der Waals surface area (Å²) in [7, 11) is 0. The molecule has 0 aliphatic carbocycles. The molecule has 0 amide bonds. The van der Waals surface area contributed by atoms with E-state index >= 15 is 0 Å². The Labute approximate surface area is 107 Å². The average molecular weight is 263 g/mol. The van der Waals surface area contributed by atoms with Crippen molar-refractivity contribution in [1.82, 2.24) is 4.98 Å². The van der Waals surface area contributed by atoms with Gasteiger partial charge in [0, 0.05) is 11.8 Å². The summed E-state index contributed by atoms with van der Waals surface area (Å²) in [5.41, 5.74) is 7.80. The average Bonchev–Trinajstić information content (AvgIpc) is 2.74. The number of nitrogens with two attached hydrogens (primary N) is 1. The van der Waals surface area contributed by atoms with Gasteiger partial charge in [0.2, 0.25) is 5.89 Å². The molecule has 2 aromatic carbocycles. The minimum Gasteiger partial charge on any atom is -0.436 e. The van der Waals surface area contributed by atoms with E-state index in [2.05, 4.69) is 4.98 Å². The van der Waals surface area contributed by atoms with Gasteiger partial charge in [0.05, 0.1) is 10.6 Å². The second kappa shape index (κ2) is 3.99. The predicted octanol–water partition coefficient (Wildman–Crippen LogP) is 3.87. The molecule has 18 heavy (non-hydrogen) atoms. The van der Waals surface area contributed by atoms with Crippen LogP contribution in [-0.2, 0) is 0 Å². The minimum absolute atomic E-state index is 0.327. The number of halogens is 2. The Kier molecular flexibility index (Phi) is 2.45. The van der Waals surface area contributed by atoms with Gasteiger partial charge in [0.1, 0.15) is 11.3 Å². The summed E-state index contributed by atoms with van der Waals surface area (Å²) in [5.74, 6) is -0.0447. The third kappa shape index (κ3) is 1.80. The number of oxazole rings is 1. The molecule has 3 aromatic rings. The zero-order valence-electron chi connectivity index (χ0n) is 9.15. The Morgan fingerprint density at radius 3 is 2.83 bits per heavy atom. The number of aromatic nitrogens is 1. The van der Waals surface area contributed by atoms with Crippen LogP contribution in [0.15, 0.2) is 40.8 Å². The molecule has 0 unspecified atom stereocenters. The number of nitrogens with zero attached hydrogens (tertiary/aromatic N) is 1. The molecule has 1 heterocycles. The van der Waals surface area contributed by atoms with Gasteiger partial charge in [0.25, 0.3) is 0 Å². The fourth-order valence-corrected chi connectivity index (χ4v) is 1.92. The summed E-state index contributed by atoms with van der Waals surface area (Å²) in [6.45, 7) is 0. The van der Waals surface area contributed by atoms with Crippen molar-refractivity contribution in [1.29, 1.82) is 0 Å². The number of fused-ring (bicyclic) bond motifs is 1.